The number of hydrogen-bond donors (Lipinski definition) is 2. The van der Waals surface area contributed by atoms with E-state index in [1.54, 1.807) is 6.20 Å². The monoisotopic (exact) mass is 362 g/mol. The van der Waals surface area contributed by atoms with E-state index in [0.29, 0.717) is 0 Å². The molecule has 0 bridgehead atoms. The van der Waals surface area contributed by atoms with Crippen molar-refractivity contribution in [2.24, 2.45) is 0 Å². The van der Waals surface area contributed by atoms with E-state index in [1.165, 1.54) is 5.56 Å². The van der Waals surface area contributed by atoms with Gasteiger partial charge in [0.1, 0.15) is 5.54 Å². The van der Waals surface area contributed by atoms with Crippen molar-refractivity contribution in [3.63, 3.8) is 0 Å². The summed E-state index contributed by atoms with van der Waals surface area (Å²) in [6.07, 6.45) is 5.16. The predicted octanol–water partition coefficient (Wildman–Crippen LogP) is 2.69. The van der Waals surface area contributed by atoms with Crippen molar-refractivity contribution in [1.82, 2.24) is 20.4 Å². The molecule has 1 aliphatic rings. The molecular formula is C19H27ClN4O. The number of benzene rings is 1. The van der Waals surface area contributed by atoms with Crippen LogP contribution in [0, 0.1) is 0 Å². The average Bonchev–Trinajstić information content (AvgIpc) is 3.17. The van der Waals surface area contributed by atoms with Gasteiger partial charge in [0, 0.05) is 24.4 Å². The van der Waals surface area contributed by atoms with Crippen LogP contribution in [-0.4, -0.2) is 34.8 Å². The van der Waals surface area contributed by atoms with Gasteiger partial charge < -0.3 is 10.6 Å². The molecule has 1 saturated heterocycles. The van der Waals surface area contributed by atoms with Crippen LogP contribution in [0.25, 0.3) is 0 Å². The number of hydrogen-bond acceptors (Lipinski definition) is 3. The Bertz CT molecular complexity index is 653. The zero-order valence-corrected chi connectivity index (χ0v) is 15.6. The first-order chi connectivity index (χ1) is 11.6. The van der Waals surface area contributed by atoms with Crippen LogP contribution in [0.1, 0.15) is 38.2 Å². The molecule has 0 radical (unpaired) electrons. The summed E-state index contributed by atoms with van der Waals surface area (Å²) in [7, 11) is 0. The van der Waals surface area contributed by atoms with Crippen molar-refractivity contribution in [2.75, 3.05) is 13.1 Å². The molecule has 0 spiro atoms. The van der Waals surface area contributed by atoms with Crippen LogP contribution < -0.4 is 10.6 Å². The number of aromatic nitrogens is 2. The fourth-order valence-corrected chi connectivity index (χ4v) is 3.43. The zero-order valence-electron chi connectivity index (χ0n) is 14.8. The van der Waals surface area contributed by atoms with Crippen LogP contribution in [0.5, 0.6) is 0 Å². The molecule has 6 heteroatoms. The third-order valence-corrected chi connectivity index (χ3v) is 5.23. The molecule has 0 aliphatic carbocycles. The quantitative estimate of drug-likeness (QED) is 0.859. The molecule has 5 nitrogen and oxygen atoms in total. The molecule has 1 aliphatic heterocycles. The standard InChI is InChI=1S/C19H26N4O.ClH/c1-15(17-7-4-3-5-8-17)16(2)22-18(24)19(9-12-20-13-10-19)23-14-6-11-21-23;/h3-8,11,14-16,20H,9-10,12-13H2,1-2H3,(H,22,24);1H. The molecule has 1 aromatic carbocycles. The van der Waals surface area contributed by atoms with Gasteiger partial charge in [-0.1, -0.05) is 37.3 Å². The second-order valence-electron chi connectivity index (χ2n) is 6.69. The maximum atomic E-state index is 13.2. The van der Waals surface area contributed by atoms with Crippen molar-refractivity contribution in [2.45, 2.75) is 44.2 Å². The Balaban J connectivity index is 0.00000225. The third-order valence-electron chi connectivity index (χ3n) is 5.23. The van der Waals surface area contributed by atoms with Crippen LogP contribution in [0.15, 0.2) is 48.8 Å². The van der Waals surface area contributed by atoms with Crippen molar-refractivity contribution in [3.05, 3.63) is 54.4 Å². The molecule has 2 unspecified atom stereocenters. The molecular weight excluding hydrogens is 336 g/mol. The smallest absolute Gasteiger partial charge is 0.248 e. The Morgan fingerprint density at radius 1 is 1.20 bits per heavy atom. The fraction of sp³-hybridized carbons (Fsp3) is 0.474. The maximum Gasteiger partial charge on any atom is 0.248 e. The molecule has 1 aromatic heterocycles. The van der Waals surface area contributed by atoms with Gasteiger partial charge in [-0.2, -0.15) is 5.10 Å². The van der Waals surface area contributed by atoms with E-state index in [-0.39, 0.29) is 30.3 Å². The number of amides is 1. The van der Waals surface area contributed by atoms with Crippen LogP contribution in [-0.2, 0) is 10.3 Å². The normalized spacial score (nSPS) is 18.6. The van der Waals surface area contributed by atoms with Gasteiger partial charge in [0.15, 0.2) is 0 Å². The second kappa shape index (κ2) is 8.50. The lowest BCUT2D eigenvalue weighted by Crippen LogP contribution is -2.56. The van der Waals surface area contributed by atoms with Crippen LogP contribution in [0.2, 0.25) is 0 Å². The summed E-state index contributed by atoms with van der Waals surface area (Å²) in [6.45, 7) is 5.89. The number of carbonyl (C=O) groups excluding carboxylic acids is 1. The average molecular weight is 363 g/mol. The van der Waals surface area contributed by atoms with Gasteiger partial charge in [0.05, 0.1) is 0 Å². The van der Waals surface area contributed by atoms with E-state index in [1.807, 2.05) is 35.1 Å². The summed E-state index contributed by atoms with van der Waals surface area (Å²) in [5.74, 6) is 0.328. The summed E-state index contributed by atoms with van der Waals surface area (Å²) in [4.78, 5) is 13.2. The lowest BCUT2D eigenvalue weighted by atomic mass is 9.86. The van der Waals surface area contributed by atoms with Gasteiger partial charge in [-0.05, 0) is 44.5 Å². The Labute approximate surface area is 155 Å². The fourth-order valence-electron chi connectivity index (χ4n) is 3.43. The molecule has 2 heterocycles. The molecule has 0 saturated carbocycles. The highest BCUT2D eigenvalue weighted by molar-refractivity contribution is 5.85. The predicted molar refractivity (Wildman–Crippen MR) is 102 cm³/mol. The highest BCUT2D eigenvalue weighted by atomic mass is 35.5. The van der Waals surface area contributed by atoms with Gasteiger partial charge in [0.25, 0.3) is 0 Å². The SMILES string of the molecule is CC(NC(=O)C1(n2cccn2)CCNCC1)C(C)c1ccccc1.Cl. The summed E-state index contributed by atoms with van der Waals surface area (Å²) >= 11 is 0. The van der Waals surface area contributed by atoms with E-state index in [4.69, 9.17) is 0 Å². The lowest BCUT2D eigenvalue weighted by molar-refractivity contribution is -0.132. The minimum absolute atomic E-state index is 0. The van der Waals surface area contributed by atoms with E-state index in [9.17, 15) is 4.79 Å². The summed E-state index contributed by atoms with van der Waals surface area (Å²) in [5, 5.41) is 11.0. The topological polar surface area (TPSA) is 59.0 Å². The molecule has 136 valence electrons. The van der Waals surface area contributed by atoms with E-state index >= 15 is 0 Å². The first-order valence-electron chi connectivity index (χ1n) is 8.70. The molecule has 3 rings (SSSR count). The minimum atomic E-state index is -0.584. The summed E-state index contributed by atoms with van der Waals surface area (Å²) in [5.41, 5.74) is 0.656. The summed E-state index contributed by atoms with van der Waals surface area (Å²) < 4.78 is 1.84. The highest BCUT2D eigenvalue weighted by Gasteiger charge is 2.42. The zero-order chi connectivity index (χ0) is 17.0. The number of halogens is 1. The van der Waals surface area contributed by atoms with Crippen molar-refractivity contribution in [1.29, 1.82) is 0 Å². The molecule has 2 atom stereocenters. The van der Waals surface area contributed by atoms with Gasteiger partial charge in [0.2, 0.25) is 5.91 Å². The van der Waals surface area contributed by atoms with Crippen molar-refractivity contribution in [3.8, 4) is 0 Å². The number of piperidine rings is 1. The molecule has 2 aromatic rings. The van der Waals surface area contributed by atoms with E-state index < -0.39 is 5.54 Å². The highest BCUT2D eigenvalue weighted by Crippen LogP contribution is 2.28. The van der Waals surface area contributed by atoms with Gasteiger partial charge in [-0.15, -0.1) is 12.4 Å². The number of carbonyl (C=O) groups is 1. The largest absolute Gasteiger partial charge is 0.351 e. The Morgan fingerprint density at radius 2 is 1.88 bits per heavy atom. The van der Waals surface area contributed by atoms with Gasteiger partial charge >= 0.3 is 0 Å². The van der Waals surface area contributed by atoms with Gasteiger partial charge in [-0.25, -0.2) is 0 Å². The van der Waals surface area contributed by atoms with Crippen molar-refractivity contribution >= 4 is 18.3 Å². The van der Waals surface area contributed by atoms with Gasteiger partial charge in [-0.3, -0.25) is 9.48 Å². The number of rotatable bonds is 5. The first-order valence-corrected chi connectivity index (χ1v) is 8.70. The van der Waals surface area contributed by atoms with Crippen LogP contribution in [0.4, 0.5) is 0 Å². The number of nitrogens with zero attached hydrogens (tertiary/aromatic N) is 2. The minimum Gasteiger partial charge on any atom is -0.351 e. The van der Waals surface area contributed by atoms with Crippen LogP contribution in [0.3, 0.4) is 0 Å². The van der Waals surface area contributed by atoms with Crippen molar-refractivity contribution < 1.29 is 4.79 Å². The maximum absolute atomic E-state index is 13.2. The molecule has 25 heavy (non-hydrogen) atoms. The molecule has 1 amide bonds. The van der Waals surface area contributed by atoms with E-state index in [0.717, 1.165) is 25.9 Å². The van der Waals surface area contributed by atoms with Crippen LogP contribution >= 0.6 is 12.4 Å². The Hall–Kier alpha value is -1.85. The second-order valence-corrected chi connectivity index (χ2v) is 6.69. The molecule has 2 N–H and O–H groups in total. The molecule has 1 fully saturated rings. The van der Waals surface area contributed by atoms with E-state index in [2.05, 4.69) is 41.7 Å². The Morgan fingerprint density at radius 3 is 2.48 bits per heavy atom. The summed E-state index contributed by atoms with van der Waals surface area (Å²) in [6, 6.07) is 12.3. The Kier molecular flexibility index (Phi) is 6.62. The first kappa shape index (κ1) is 19.5. The lowest BCUT2D eigenvalue weighted by Gasteiger charge is -2.38. The third kappa shape index (κ3) is 4.05. The number of nitrogens with one attached hydrogen (secondary N) is 2.